The summed E-state index contributed by atoms with van der Waals surface area (Å²) in [5, 5.41) is 11.5. The largest absolute Gasteiger partial charge is 0.368 e. The molecular formula is C23H19F2N3O4. The third-order valence-corrected chi connectivity index (χ3v) is 5.01. The summed E-state index contributed by atoms with van der Waals surface area (Å²) in [6.45, 7) is 1.46. The average molecular weight is 439 g/mol. The molecule has 164 valence electrons. The van der Waals surface area contributed by atoms with Gasteiger partial charge in [-0.3, -0.25) is 19.7 Å². The highest BCUT2D eigenvalue weighted by molar-refractivity contribution is 6.01. The quantitative estimate of drug-likeness (QED) is 0.437. The number of benzene rings is 3. The zero-order valence-corrected chi connectivity index (χ0v) is 16.9. The molecule has 0 saturated heterocycles. The third-order valence-electron chi connectivity index (χ3n) is 5.01. The fourth-order valence-corrected chi connectivity index (χ4v) is 3.54. The normalized spacial score (nSPS) is 12.6. The summed E-state index contributed by atoms with van der Waals surface area (Å²) in [7, 11) is 0. The molecule has 2 atom stereocenters. The van der Waals surface area contributed by atoms with E-state index in [1.165, 1.54) is 25.1 Å². The van der Waals surface area contributed by atoms with E-state index in [0.29, 0.717) is 11.6 Å². The van der Waals surface area contributed by atoms with Crippen molar-refractivity contribution in [3.05, 3.63) is 111 Å². The van der Waals surface area contributed by atoms with E-state index in [2.05, 4.69) is 0 Å². The van der Waals surface area contributed by atoms with Gasteiger partial charge in [-0.1, -0.05) is 42.5 Å². The van der Waals surface area contributed by atoms with Crippen molar-refractivity contribution < 1.29 is 23.3 Å². The molecule has 3 aromatic carbocycles. The van der Waals surface area contributed by atoms with Crippen LogP contribution < -0.4 is 5.73 Å². The molecule has 0 aliphatic heterocycles. The van der Waals surface area contributed by atoms with E-state index < -0.39 is 46.1 Å². The Morgan fingerprint density at radius 2 is 1.50 bits per heavy atom. The molecule has 0 saturated carbocycles. The molecular weight excluding hydrogens is 420 g/mol. The van der Waals surface area contributed by atoms with Gasteiger partial charge in [0.05, 0.1) is 11.0 Å². The van der Waals surface area contributed by atoms with E-state index >= 15 is 0 Å². The first-order valence-electron chi connectivity index (χ1n) is 9.57. The average Bonchev–Trinajstić information content (AvgIpc) is 2.76. The molecule has 0 unspecified atom stereocenters. The number of nitrogens with zero attached hydrogens (tertiary/aromatic N) is 2. The minimum atomic E-state index is -1.36. The van der Waals surface area contributed by atoms with Crippen molar-refractivity contribution in [3.8, 4) is 0 Å². The number of carbonyl (C=O) groups is 2. The van der Waals surface area contributed by atoms with E-state index in [0.717, 1.165) is 23.1 Å². The van der Waals surface area contributed by atoms with Crippen molar-refractivity contribution in [1.29, 1.82) is 0 Å². The topological polar surface area (TPSA) is 107 Å². The van der Waals surface area contributed by atoms with Gasteiger partial charge in [-0.25, -0.2) is 8.78 Å². The van der Waals surface area contributed by atoms with Gasteiger partial charge in [0.15, 0.2) is 0 Å². The number of amides is 2. The SMILES string of the molecule is C[C@H](c1cc(F)cc(F)c1)N(C(=O)c1ccccc1[N+](=O)[O-])[C@@H](C(N)=O)c1ccccc1. The van der Waals surface area contributed by atoms with Crippen LogP contribution in [0.2, 0.25) is 0 Å². The number of halogens is 2. The Balaban J connectivity index is 2.22. The lowest BCUT2D eigenvalue weighted by Crippen LogP contribution is -2.43. The minimum Gasteiger partial charge on any atom is -0.368 e. The van der Waals surface area contributed by atoms with Gasteiger partial charge in [0.1, 0.15) is 23.2 Å². The zero-order chi connectivity index (χ0) is 23.4. The summed E-state index contributed by atoms with van der Waals surface area (Å²) < 4.78 is 27.8. The van der Waals surface area contributed by atoms with Crippen LogP contribution in [0.5, 0.6) is 0 Å². The second-order valence-electron chi connectivity index (χ2n) is 7.08. The standard InChI is InChI=1S/C23H19F2N3O4/c1-14(16-11-17(24)13-18(25)12-16)27(21(22(26)29)15-7-3-2-4-8-15)23(30)19-9-5-6-10-20(19)28(31)32/h2-14,21H,1H3,(H2,26,29)/t14-,21-/m1/s1. The molecule has 0 aromatic heterocycles. The zero-order valence-electron chi connectivity index (χ0n) is 16.9. The monoisotopic (exact) mass is 439 g/mol. The second-order valence-corrected chi connectivity index (χ2v) is 7.08. The van der Waals surface area contributed by atoms with Crippen LogP contribution in [0.3, 0.4) is 0 Å². The van der Waals surface area contributed by atoms with Crippen molar-refractivity contribution in [2.75, 3.05) is 0 Å². The van der Waals surface area contributed by atoms with Crippen LogP contribution in [0.1, 0.15) is 40.5 Å². The van der Waals surface area contributed by atoms with Crippen molar-refractivity contribution in [2.24, 2.45) is 5.73 Å². The van der Waals surface area contributed by atoms with Crippen LogP contribution in [0.4, 0.5) is 14.5 Å². The van der Waals surface area contributed by atoms with Gasteiger partial charge in [0.2, 0.25) is 5.91 Å². The van der Waals surface area contributed by atoms with Crippen molar-refractivity contribution in [1.82, 2.24) is 4.90 Å². The van der Waals surface area contributed by atoms with Crippen molar-refractivity contribution >= 4 is 17.5 Å². The molecule has 0 aliphatic carbocycles. The molecule has 0 heterocycles. The van der Waals surface area contributed by atoms with E-state index in [9.17, 15) is 28.5 Å². The maximum atomic E-state index is 13.9. The van der Waals surface area contributed by atoms with Gasteiger partial charge in [-0.05, 0) is 36.2 Å². The highest BCUT2D eigenvalue weighted by atomic mass is 19.1. The van der Waals surface area contributed by atoms with Crippen LogP contribution in [0.15, 0.2) is 72.8 Å². The lowest BCUT2D eigenvalue weighted by atomic mass is 9.97. The summed E-state index contributed by atoms with van der Waals surface area (Å²) >= 11 is 0. The molecule has 2 N–H and O–H groups in total. The van der Waals surface area contributed by atoms with Crippen LogP contribution in [0, 0.1) is 21.7 Å². The van der Waals surface area contributed by atoms with Crippen LogP contribution in [-0.4, -0.2) is 21.6 Å². The predicted molar refractivity (Wildman–Crippen MR) is 112 cm³/mol. The predicted octanol–water partition coefficient (Wildman–Crippen LogP) is 4.30. The summed E-state index contributed by atoms with van der Waals surface area (Å²) in [4.78, 5) is 37.9. The summed E-state index contributed by atoms with van der Waals surface area (Å²) in [5.41, 5.74) is 5.28. The minimum absolute atomic E-state index is 0.0524. The molecule has 0 bridgehead atoms. The number of rotatable bonds is 7. The summed E-state index contributed by atoms with van der Waals surface area (Å²) in [6, 6.07) is 13.6. The summed E-state index contributed by atoms with van der Waals surface area (Å²) in [6.07, 6.45) is 0. The molecule has 0 fully saturated rings. The fourth-order valence-electron chi connectivity index (χ4n) is 3.54. The van der Waals surface area contributed by atoms with Gasteiger partial charge in [0, 0.05) is 12.1 Å². The van der Waals surface area contributed by atoms with E-state index in [1.807, 2.05) is 0 Å². The van der Waals surface area contributed by atoms with E-state index in [-0.39, 0.29) is 11.1 Å². The number of primary amides is 1. The van der Waals surface area contributed by atoms with Gasteiger partial charge in [-0.15, -0.1) is 0 Å². The Kier molecular flexibility index (Phi) is 6.58. The highest BCUT2D eigenvalue weighted by Gasteiger charge is 2.37. The lowest BCUT2D eigenvalue weighted by Gasteiger charge is -2.35. The van der Waals surface area contributed by atoms with Gasteiger partial charge >= 0.3 is 0 Å². The van der Waals surface area contributed by atoms with Crippen molar-refractivity contribution in [3.63, 3.8) is 0 Å². The lowest BCUT2D eigenvalue weighted by molar-refractivity contribution is -0.385. The second kappa shape index (κ2) is 9.34. The Labute approximate surface area is 182 Å². The van der Waals surface area contributed by atoms with Gasteiger partial charge in [-0.2, -0.15) is 0 Å². The molecule has 3 rings (SSSR count). The molecule has 0 aliphatic rings. The molecule has 9 heteroatoms. The number of nitro benzene ring substituents is 1. The maximum absolute atomic E-state index is 13.9. The Hall–Kier alpha value is -4.14. The number of hydrogen-bond donors (Lipinski definition) is 1. The number of para-hydroxylation sites is 1. The number of nitro groups is 1. The maximum Gasteiger partial charge on any atom is 0.282 e. The Morgan fingerprint density at radius 1 is 0.938 bits per heavy atom. The first-order valence-corrected chi connectivity index (χ1v) is 9.57. The first kappa shape index (κ1) is 22.5. The molecule has 0 spiro atoms. The number of nitrogens with two attached hydrogens (primary N) is 1. The Bertz CT molecular complexity index is 1150. The molecule has 7 nitrogen and oxygen atoms in total. The van der Waals surface area contributed by atoms with Crippen LogP contribution >= 0.6 is 0 Å². The molecule has 0 radical (unpaired) electrons. The smallest absolute Gasteiger partial charge is 0.282 e. The third kappa shape index (κ3) is 4.61. The fraction of sp³-hybridized carbons (Fsp3) is 0.130. The first-order chi connectivity index (χ1) is 15.2. The van der Waals surface area contributed by atoms with E-state index in [1.54, 1.807) is 30.3 Å². The number of carbonyl (C=O) groups excluding carboxylic acids is 2. The van der Waals surface area contributed by atoms with Gasteiger partial charge in [0.25, 0.3) is 11.6 Å². The number of hydrogen-bond acceptors (Lipinski definition) is 4. The molecule has 3 aromatic rings. The molecule has 2 amide bonds. The van der Waals surface area contributed by atoms with Crippen molar-refractivity contribution in [2.45, 2.75) is 19.0 Å². The van der Waals surface area contributed by atoms with Crippen LogP contribution in [0.25, 0.3) is 0 Å². The highest BCUT2D eigenvalue weighted by Crippen LogP contribution is 2.34. The van der Waals surface area contributed by atoms with Gasteiger partial charge < -0.3 is 10.6 Å². The van der Waals surface area contributed by atoms with Crippen LogP contribution in [-0.2, 0) is 4.79 Å². The van der Waals surface area contributed by atoms with E-state index in [4.69, 9.17) is 5.73 Å². The summed E-state index contributed by atoms with van der Waals surface area (Å²) in [5.74, 6) is -3.55. The Morgan fingerprint density at radius 3 is 2.06 bits per heavy atom. The molecule has 32 heavy (non-hydrogen) atoms.